The van der Waals surface area contributed by atoms with Gasteiger partial charge < -0.3 is 28.4 Å². The third-order valence-corrected chi connectivity index (χ3v) is 12.6. The van der Waals surface area contributed by atoms with Crippen molar-refractivity contribution in [3.63, 3.8) is 0 Å². The molecule has 17 heteroatoms. The lowest BCUT2D eigenvalue weighted by Gasteiger charge is -2.38. The molecule has 2 aliphatic carbocycles. The average Bonchev–Trinajstić information content (AvgIpc) is 4.11. The molecule has 2 aromatic carbocycles. The van der Waals surface area contributed by atoms with E-state index in [0.717, 1.165) is 90.5 Å². The molecule has 0 bridgehead atoms. The van der Waals surface area contributed by atoms with Gasteiger partial charge in [-0.3, -0.25) is 0 Å². The monoisotopic (exact) mass is 872 g/mol. The second-order valence-electron chi connectivity index (χ2n) is 16.0. The van der Waals surface area contributed by atoms with Gasteiger partial charge in [-0.1, -0.05) is 49.9 Å². The van der Waals surface area contributed by atoms with Gasteiger partial charge in [-0.25, -0.2) is 20.0 Å². The quantitative estimate of drug-likeness (QED) is 0.0399. The molecule has 60 heavy (non-hydrogen) atoms. The molecule has 3 aliphatic rings. The molecule has 0 amide bonds. The van der Waals surface area contributed by atoms with E-state index in [0.29, 0.717) is 82.4 Å². The van der Waals surface area contributed by atoms with Crippen LogP contribution in [0.15, 0.2) is 61.2 Å². The fourth-order valence-corrected chi connectivity index (χ4v) is 9.30. The van der Waals surface area contributed by atoms with Crippen LogP contribution in [0.25, 0.3) is 22.3 Å². The molecule has 2 saturated carbocycles. The van der Waals surface area contributed by atoms with Gasteiger partial charge >= 0.3 is 0 Å². The number of benzene rings is 2. The van der Waals surface area contributed by atoms with Gasteiger partial charge in [0.05, 0.1) is 25.9 Å². The van der Waals surface area contributed by atoms with Crippen molar-refractivity contribution in [3.05, 3.63) is 71.8 Å². The van der Waals surface area contributed by atoms with Crippen LogP contribution >= 0.6 is 34.8 Å². The lowest BCUT2D eigenvalue weighted by atomic mass is 10.2. The molecule has 1 saturated heterocycles. The zero-order valence-electron chi connectivity index (χ0n) is 34.0. The SMILES string of the molecule is CN1CCN(CCCOc2ccccc2N(c2nc(Cl)nc3c2ncn3C2CCCC2)N(c2ccccc2OCCCCl)c2nc(Cl)nc3c2ncn3C2CCCC2)CC1. The first kappa shape index (κ1) is 40.9. The normalized spacial score (nSPS) is 17.0. The number of nitrogens with zero attached hydrogens (tertiary/aromatic N) is 12. The van der Waals surface area contributed by atoms with E-state index in [-0.39, 0.29) is 22.7 Å². The third-order valence-electron chi connectivity index (χ3n) is 12.0. The van der Waals surface area contributed by atoms with E-state index in [4.69, 9.17) is 74.2 Å². The summed E-state index contributed by atoms with van der Waals surface area (Å²) in [6, 6.07) is 16.3. The van der Waals surface area contributed by atoms with Gasteiger partial charge in [0.25, 0.3) is 0 Å². The van der Waals surface area contributed by atoms with Gasteiger partial charge in [-0.15, -0.1) is 11.6 Å². The molecular weight excluding hydrogens is 823 g/mol. The molecule has 9 rings (SSSR count). The predicted molar refractivity (Wildman–Crippen MR) is 238 cm³/mol. The highest BCUT2D eigenvalue weighted by molar-refractivity contribution is 6.29. The van der Waals surface area contributed by atoms with Crippen molar-refractivity contribution in [3.8, 4) is 11.5 Å². The average molecular weight is 874 g/mol. The largest absolute Gasteiger partial charge is 0.491 e. The Morgan fingerprint density at radius 2 is 1.10 bits per heavy atom. The number of hydrazine groups is 1. The Kier molecular flexibility index (Phi) is 12.7. The Morgan fingerprint density at radius 3 is 1.58 bits per heavy atom. The van der Waals surface area contributed by atoms with E-state index in [2.05, 4.69) is 26.0 Å². The van der Waals surface area contributed by atoms with Gasteiger partial charge in [0, 0.05) is 50.7 Å². The van der Waals surface area contributed by atoms with Crippen molar-refractivity contribution in [1.82, 2.24) is 48.8 Å². The highest BCUT2D eigenvalue weighted by Crippen LogP contribution is 2.47. The lowest BCUT2D eigenvalue weighted by Crippen LogP contribution is -2.44. The fourth-order valence-electron chi connectivity index (χ4n) is 8.87. The summed E-state index contributed by atoms with van der Waals surface area (Å²) in [5, 5.41) is 4.05. The van der Waals surface area contributed by atoms with Crippen LogP contribution in [0.5, 0.6) is 11.5 Å². The first-order valence-electron chi connectivity index (χ1n) is 21.3. The number of para-hydroxylation sites is 4. The number of halogens is 3. The number of fused-ring (bicyclic) bond motifs is 2. The maximum absolute atomic E-state index is 6.98. The van der Waals surface area contributed by atoms with Crippen LogP contribution in [0.4, 0.5) is 23.0 Å². The summed E-state index contributed by atoms with van der Waals surface area (Å²) in [5.41, 5.74) is 3.72. The van der Waals surface area contributed by atoms with E-state index in [1.165, 1.54) is 0 Å². The number of hydrogen-bond donors (Lipinski definition) is 0. The summed E-state index contributed by atoms with van der Waals surface area (Å²) < 4.78 is 17.6. The second-order valence-corrected chi connectivity index (χ2v) is 17.0. The number of anilines is 4. The zero-order valence-corrected chi connectivity index (χ0v) is 36.2. The van der Waals surface area contributed by atoms with Crippen molar-refractivity contribution >= 4 is 80.1 Å². The summed E-state index contributed by atoms with van der Waals surface area (Å²) in [4.78, 5) is 34.5. The Bertz CT molecular complexity index is 2390. The summed E-state index contributed by atoms with van der Waals surface area (Å²) in [5.74, 6) is 2.51. The maximum atomic E-state index is 6.98. The number of rotatable bonds is 16. The van der Waals surface area contributed by atoms with Crippen LogP contribution in [0.3, 0.4) is 0 Å². The minimum Gasteiger partial charge on any atom is -0.491 e. The number of aromatic nitrogens is 8. The smallest absolute Gasteiger partial charge is 0.226 e. The van der Waals surface area contributed by atoms with Gasteiger partial charge in [0.2, 0.25) is 10.6 Å². The van der Waals surface area contributed by atoms with Crippen molar-refractivity contribution in [2.75, 3.05) is 68.9 Å². The summed E-state index contributed by atoms with van der Waals surface area (Å²) in [7, 11) is 2.18. The molecular formula is C43H51Cl3N12O2. The highest BCUT2D eigenvalue weighted by Gasteiger charge is 2.35. The third kappa shape index (κ3) is 8.54. The fraction of sp³-hybridized carbons (Fsp3) is 0.488. The summed E-state index contributed by atoms with van der Waals surface area (Å²) in [6.45, 7) is 6.07. The highest BCUT2D eigenvalue weighted by atomic mass is 35.5. The van der Waals surface area contributed by atoms with Gasteiger partial charge in [0.1, 0.15) is 22.9 Å². The molecule has 4 aromatic heterocycles. The number of piperazine rings is 1. The van der Waals surface area contributed by atoms with Crippen LogP contribution in [0, 0.1) is 0 Å². The Morgan fingerprint density at radius 1 is 0.633 bits per heavy atom. The Labute approximate surface area is 365 Å². The molecule has 3 fully saturated rings. The Hall–Kier alpha value is -4.47. The van der Waals surface area contributed by atoms with Crippen LogP contribution < -0.4 is 19.5 Å². The van der Waals surface area contributed by atoms with Crippen LogP contribution in [-0.4, -0.2) is 108 Å². The van der Waals surface area contributed by atoms with Crippen molar-refractivity contribution in [1.29, 1.82) is 0 Å². The van der Waals surface area contributed by atoms with Gasteiger partial charge in [-0.2, -0.15) is 19.9 Å². The minimum absolute atomic E-state index is 0.0764. The molecule has 0 N–H and O–H groups in total. The predicted octanol–water partition coefficient (Wildman–Crippen LogP) is 9.42. The number of likely N-dealkylation sites (N-methyl/N-ethyl adjacent to an activating group) is 1. The molecule has 6 aromatic rings. The van der Waals surface area contributed by atoms with Crippen LogP contribution in [0.2, 0.25) is 10.6 Å². The first-order valence-corrected chi connectivity index (χ1v) is 22.6. The van der Waals surface area contributed by atoms with E-state index >= 15 is 0 Å². The topological polar surface area (TPSA) is 119 Å². The molecule has 0 spiro atoms. The van der Waals surface area contributed by atoms with Crippen LogP contribution in [-0.2, 0) is 0 Å². The van der Waals surface area contributed by atoms with Crippen molar-refractivity contribution in [2.24, 2.45) is 0 Å². The molecule has 14 nitrogen and oxygen atoms in total. The van der Waals surface area contributed by atoms with E-state index in [1.54, 1.807) is 0 Å². The Balaban J connectivity index is 1.24. The second kappa shape index (κ2) is 18.7. The van der Waals surface area contributed by atoms with Crippen molar-refractivity contribution < 1.29 is 9.47 Å². The van der Waals surface area contributed by atoms with E-state index in [1.807, 2.05) is 71.2 Å². The number of imidazole rings is 2. The molecule has 0 radical (unpaired) electrons. The zero-order chi connectivity index (χ0) is 41.0. The maximum Gasteiger partial charge on any atom is 0.226 e. The van der Waals surface area contributed by atoms with E-state index < -0.39 is 0 Å². The molecule has 0 atom stereocenters. The number of hydrogen-bond acceptors (Lipinski definition) is 12. The summed E-state index contributed by atoms with van der Waals surface area (Å²) >= 11 is 20.1. The minimum atomic E-state index is 0.0764. The lowest BCUT2D eigenvalue weighted by molar-refractivity contribution is 0.145. The number of ether oxygens (including phenoxy) is 2. The molecule has 0 unspecified atom stereocenters. The van der Waals surface area contributed by atoms with Crippen molar-refractivity contribution in [2.45, 2.75) is 76.3 Å². The van der Waals surface area contributed by atoms with Crippen LogP contribution in [0.1, 0.15) is 76.3 Å². The number of alkyl halides is 1. The molecule has 5 heterocycles. The summed E-state index contributed by atoms with van der Waals surface area (Å²) in [6.07, 6.45) is 14.0. The molecule has 316 valence electrons. The van der Waals surface area contributed by atoms with Gasteiger partial charge in [0.15, 0.2) is 34.0 Å². The first-order chi connectivity index (χ1) is 29.5. The standard InChI is InChI=1S/C43H51Cl3N12O2/c1-53-22-24-54(25-23-53)21-11-27-60-35-19-9-7-17-33(35)58(41-37-39(50-43(46)52-41)56(29-48-37)31-14-4-5-15-31)57(32-16-6-8-18-34(32)59-26-10-20-44)40-36-38(49-42(45)51-40)55(28-47-36)30-12-2-3-13-30/h6-9,16-19,28-31H,2-5,10-15,20-27H2,1H3. The molecule has 1 aliphatic heterocycles. The van der Waals surface area contributed by atoms with E-state index in [9.17, 15) is 0 Å². The van der Waals surface area contributed by atoms with Gasteiger partial charge in [-0.05, 0) is 93.0 Å².